The first-order valence-corrected chi connectivity index (χ1v) is 11.1. The highest BCUT2D eigenvalue weighted by atomic mass is 32.1. The second-order valence-corrected chi connectivity index (χ2v) is 8.86. The van der Waals surface area contributed by atoms with E-state index in [1.54, 1.807) is 26.4 Å². The third-order valence-electron chi connectivity index (χ3n) is 5.22. The van der Waals surface area contributed by atoms with Crippen LogP contribution in [0.15, 0.2) is 41.2 Å². The molecular weight excluding hydrogens is 440 g/mol. The van der Waals surface area contributed by atoms with Gasteiger partial charge in [-0.05, 0) is 56.2 Å². The molecule has 4 aromatic rings. The molecule has 0 unspecified atom stereocenters. The van der Waals surface area contributed by atoms with Gasteiger partial charge in [-0.2, -0.15) is 5.10 Å². The fraction of sp³-hybridized carbons (Fsp3) is 0.250. The van der Waals surface area contributed by atoms with Crippen molar-refractivity contribution in [1.82, 2.24) is 14.8 Å². The van der Waals surface area contributed by atoms with Gasteiger partial charge >= 0.3 is 0 Å². The minimum atomic E-state index is -0.408. The molecule has 0 saturated carbocycles. The van der Waals surface area contributed by atoms with E-state index >= 15 is 0 Å². The van der Waals surface area contributed by atoms with E-state index in [1.165, 1.54) is 11.3 Å². The second kappa shape index (κ2) is 9.03. The van der Waals surface area contributed by atoms with Gasteiger partial charge in [-0.3, -0.25) is 9.59 Å². The molecule has 0 fully saturated rings. The summed E-state index contributed by atoms with van der Waals surface area (Å²) in [7, 11) is 3.12. The van der Waals surface area contributed by atoms with Gasteiger partial charge in [-0.1, -0.05) is 12.1 Å². The Hall–Kier alpha value is -3.72. The molecular formula is C24H24N4O4S. The van der Waals surface area contributed by atoms with E-state index < -0.39 is 5.56 Å². The molecule has 0 aliphatic heterocycles. The van der Waals surface area contributed by atoms with Crippen molar-refractivity contribution >= 4 is 33.1 Å². The lowest BCUT2D eigenvalue weighted by molar-refractivity contribution is -0.117. The molecule has 0 saturated heterocycles. The van der Waals surface area contributed by atoms with Gasteiger partial charge in [0, 0.05) is 11.3 Å². The van der Waals surface area contributed by atoms with Crippen molar-refractivity contribution in [2.75, 3.05) is 19.5 Å². The number of hydrogen-bond donors (Lipinski definition) is 1. The van der Waals surface area contributed by atoms with E-state index in [0.717, 1.165) is 26.4 Å². The molecule has 4 rings (SSSR count). The number of carbonyl (C=O) groups excluding carboxylic acids is 1. The van der Waals surface area contributed by atoms with Crippen molar-refractivity contribution in [3.63, 3.8) is 0 Å². The number of ether oxygens (including phenoxy) is 2. The second-order valence-electron chi connectivity index (χ2n) is 7.66. The molecule has 0 bridgehead atoms. The summed E-state index contributed by atoms with van der Waals surface area (Å²) in [6, 6.07) is 11.2. The lowest BCUT2D eigenvalue weighted by atomic mass is 10.1. The van der Waals surface area contributed by atoms with Gasteiger partial charge in [0.2, 0.25) is 5.91 Å². The van der Waals surface area contributed by atoms with Crippen molar-refractivity contribution in [3.8, 4) is 22.8 Å². The van der Waals surface area contributed by atoms with Crippen LogP contribution in [0.25, 0.3) is 21.5 Å². The Morgan fingerprint density at radius 1 is 1.06 bits per heavy atom. The zero-order chi connectivity index (χ0) is 23.7. The number of aromatic nitrogens is 3. The SMILES string of the molecule is COc1ccc(-c2nn(CC(=O)Nc3cc(C)ccc3C)c(=O)c3nc(C)sc23)cc1OC. The number of carbonyl (C=O) groups is 1. The summed E-state index contributed by atoms with van der Waals surface area (Å²) in [5.74, 6) is 0.777. The van der Waals surface area contributed by atoms with E-state index in [-0.39, 0.29) is 18.0 Å². The van der Waals surface area contributed by atoms with Crippen LogP contribution in [0.2, 0.25) is 0 Å². The Morgan fingerprint density at radius 2 is 1.82 bits per heavy atom. The predicted molar refractivity (Wildman–Crippen MR) is 129 cm³/mol. The van der Waals surface area contributed by atoms with E-state index in [9.17, 15) is 9.59 Å². The maximum Gasteiger partial charge on any atom is 0.294 e. The van der Waals surface area contributed by atoms with Gasteiger partial charge in [0.25, 0.3) is 5.56 Å². The number of amides is 1. The van der Waals surface area contributed by atoms with Gasteiger partial charge in [-0.25, -0.2) is 9.67 Å². The fourth-order valence-electron chi connectivity index (χ4n) is 3.54. The van der Waals surface area contributed by atoms with E-state index in [1.807, 2.05) is 45.0 Å². The highest BCUT2D eigenvalue weighted by molar-refractivity contribution is 7.19. The molecule has 0 aliphatic rings. The monoisotopic (exact) mass is 464 g/mol. The van der Waals surface area contributed by atoms with Gasteiger partial charge in [0.05, 0.1) is 23.9 Å². The molecule has 170 valence electrons. The van der Waals surface area contributed by atoms with Crippen molar-refractivity contribution < 1.29 is 14.3 Å². The van der Waals surface area contributed by atoms with Crippen LogP contribution >= 0.6 is 11.3 Å². The third kappa shape index (κ3) is 4.45. The zero-order valence-corrected chi connectivity index (χ0v) is 19.9. The van der Waals surface area contributed by atoms with Crippen LogP contribution in [0.3, 0.4) is 0 Å². The zero-order valence-electron chi connectivity index (χ0n) is 19.1. The Balaban J connectivity index is 1.77. The number of nitrogens with one attached hydrogen (secondary N) is 1. The minimum Gasteiger partial charge on any atom is -0.493 e. The highest BCUT2D eigenvalue weighted by Gasteiger charge is 2.19. The van der Waals surface area contributed by atoms with Crippen molar-refractivity contribution in [3.05, 3.63) is 62.9 Å². The largest absolute Gasteiger partial charge is 0.493 e. The average Bonchev–Trinajstić information content (AvgIpc) is 3.19. The van der Waals surface area contributed by atoms with Crippen molar-refractivity contribution in [2.24, 2.45) is 0 Å². The van der Waals surface area contributed by atoms with Crippen molar-refractivity contribution in [1.29, 1.82) is 0 Å². The number of rotatable bonds is 6. The summed E-state index contributed by atoms with van der Waals surface area (Å²) in [5.41, 5.74) is 3.83. The molecule has 0 aliphatic carbocycles. The predicted octanol–water partition coefficient (Wildman–Crippen LogP) is 4.10. The van der Waals surface area contributed by atoms with E-state index in [2.05, 4.69) is 15.4 Å². The topological polar surface area (TPSA) is 95.3 Å². The van der Waals surface area contributed by atoms with Crippen LogP contribution in [0.1, 0.15) is 16.1 Å². The minimum absolute atomic E-state index is 0.237. The number of anilines is 1. The molecule has 8 nitrogen and oxygen atoms in total. The van der Waals surface area contributed by atoms with Crippen LogP contribution in [0.5, 0.6) is 11.5 Å². The van der Waals surface area contributed by atoms with Crippen LogP contribution in [0.4, 0.5) is 5.69 Å². The van der Waals surface area contributed by atoms with Crippen LogP contribution in [-0.2, 0) is 11.3 Å². The fourth-order valence-corrected chi connectivity index (χ4v) is 4.46. The molecule has 9 heteroatoms. The molecule has 1 N–H and O–H groups in total. The summed E-state index contributed by atoms with van der Waals surface area (Å²) < 4.78 is 12.6. The molecule has 2 heterocycles. The van der Waals surface area contributed by atoms with E-state index in [0.29, 0.717) is 27.6 Å². The quantitative estimate of drug-likeness (QED) is 0.462. The van der Waals surface area contributed by atoms with Crippen molar-refractivity contribution in [2.45, 2.75) is 27.3 Å². The molecule has 0 atom stereocenters. The average molecular weight is 465 g/mol. The Morgan fingerprint density at radius 3 is 2.55 bits per heavy atom. The van der Waals surface area contributed by atoms with Crippen LogP contribution < -0.4 is 20.3 Å². The maximum absolute atomic E-state index is 13.1. The first-order chi connectivity index (χ1) is 15.8. The standard InChI is InChI=1S/C24H24N4O4S/c1-13-6-7-14(2)17(10-13)26-20(29)12-28-24(30)22-23(33-15(3)25-22)21(27-28)16-8-9-18(31-4)19(11-16)32-5/h6-11H,12H2,1-5H3,(H,26,29). The highest BCUT2D eigenvalue weighted by Crippen LogP contribution is 2.35. The summed E-state index contributed by atoms with van der Waals surface area (Å²) in [4.78, 5) is 30.3. The number of benzene rings is 2. The Kier molecular flexibility index (Phi) is 6.15. The first kappa shape index (κ1) is 22.5. The first-order valence-electron chi connectivity index (χ1n) is 10.3. The van der Waals surface area contributed by atoms with Gasteiger partial charge in [0.1, 0.15) is 12.2 Å². The lowest BCUT2D eigenvalue weighted by Crippen LogP contribution is -2.30. The number of hydrogen-bond acceptors (Lipinski definition) is 7. The van der Waals surface area contributed by atoms with Gasteiger partial charge in [-0.15, -0.1) is 11.3 Å². The van der Waals surface area contributed by atoms with Crippen LogP contribution in [0, 0.1) is 20.8 Å². The number of fused-ring (bicyclic) bond motifs is 1. The molecule has 1 amide bonds. The molecule has 0 radical (unpaired) electrons. The Labute approximate surface area is 194 Å². The summed E-state index contributed by atoms with van der Waals surface area (Å²) >= 11 is 1.39. The molecule has 2 aromatic heterocycles. The number of aryl methyl sites for hydroxylation is 3. The number of thiazole rings is 1. The number of nitrogens with zero attached hydrogens (tertiary/aromatic N) is 3. The maximum atomic E-state index is 13.1. The Bertz CT molecular complexity index is 1420. The molecule has 0 spiro atoms. The smallest absolute Gasteiger partial charge is 0.294 e. The lowest BCUT2D eigenvalue weighted by Gasteiger charge is -2.12. The van der Waals surface area contributed by atoms with Gasteiger partial charge in [0.15, 0.2) is 17.0 Å². The summed E-state index contributed by atoms with van der Waals surface area (Å²) in [6.07, 6.45) is 0. The molecule has 2 aromatic carbocycles. The third-order valence-corrected chi connectivity index (χ3v) is 6.20. The normalized spacial score (nSPS) is 10.9. The number of methoxy groups -OCH3 is 2. The summed E-state index contributed by atoms with van der Waals surface area (Å²) in [6.45, 7) is 5.47. The summed E-state index contributed by atoms with van der Waals surface area (Å²) in [5, 5.41) is 8.17. The van der Waals surface area contributed by atoms with Gasteiger partial charge < -0.3 is 14.8 Å². The van der Waals surface area contributed by atoms with Crippen LogP contribution in [-0.4, -0.2) is 34.9 Å². The molecule has 33 heavy (non-hydrogen) atoms. The van der Waals surface area contributed by atoms with E-state index in [4.69, 9.17) is 9.47 Å².